The van der Waals surface area contributed by atoms with Gasteiger partial charge in [0.1, 0.15) is 44.7 Å². The van der Waals surface area contributed by atoms with Crippen LogP contribution in [0.25, 0.3) is 187 Å². The maximum Gasteiger partial charge on any atom is 0.145 e. The third kappa shape index (κ3) is 7.30. The summed E-state index contributed by atoms with van der Waals surface area (Å²) in [5, 5.41) is 14.0. The van der Waals surface area contributed by atoms with Crippen LogP contribution in [-0.2, 0) is 10.8 Å². The Kier molecular flexibility index (Phi) is 10.7. The van der Waals surface area contributed by atoms with E-state index in [0.29, 0.717) is 0 Å². The van der Waals surface area contributed by atoms with Crippen LogP contribution < -0.4 is 0 Å². The average Bonchev–Trinajstić information content (AvgIpc) is 1.57. The van der Waals surface area contributed by atoms with Crippen molar-refractivity contribution in [3.8, 4) is 55.9 Å². The third-order valence-electron chi connectivity index (χ3n) is 21.6. The molecule has 6 aromatic heterocycles. The van der Waals surface area contributed by atoms with Gasteiger partial charge in [-0.3, -0.25) is 0 Å². The normalized spacial score (nSPS) is 13.8. The summed E-state index contributed by atoms with van der Waals surface area (Å²) in [7, 11) is 0. The van der Waals surface area contributed by atoms with E-state index in [1.54, 1.807) is 0 Å². The molecule has 0 saturated heterocycles. The van der Waals surface area contributed by atoms with Gasteiger partial charge in [0.2, 0.25) is 0 Å². The highest BCUT2D eigenvalue weighted by molar-refractivity contribution is 6.25. The first-order valence-electron chi connectivity index (χ1n) is 33.2. The van der Waals surface area contributed by atoms with E-state index in [1.165, 1.54) is 83.0 Å². The minimum absolute atomic E-state index is 0.173. The molecule has 14 aromatic carbocycles. The van der Waals surface area contributed by atoms with Gasteiger partial charge in [-0.1, -0.05) is 198 Å². The Morgan fingerprint density at radius 2 is 0.594 bits per heavy atom. The van der Waals surface area contributed by atoms with Gasteiger partial charge < -0.3 is 26.8 Å². The van der Waals surface area contributed by atoms with E-state index in [1.807, 2.05) is 30.3 Å². The number of fused-ring (bicyclic) bond motifs is 26. The van der Waals surface area contributed by atoms with Gasteiger partial charge in [-0.25, -0.2) is 0 Å². The largest absolute Gasteiger partial charge is 0.456 e. The van der Waals surface area contributed by atoms with Crippen molar-refractivity contribution in [2.24, 2.45) is 0 Å². The summed E-state index contributed by atoms with van der Waals surface area (Å²) in [5.41, 5.74) is 29.4. The number of nitrogens with zero attached hydrogens (tertiary/aromatic N) is 2. The molecule has 22 rings (SSSR count). The summed E-state index contributed by atoms with van der Waals surface area (Å²) in [4.78, 5) is 0. The van der Waals surface area contributed by atoms with Crippen LogP contribution in [0.5, 0.6) is 0 Å². The zero-order chi connectivity index (χ0) is 63.4. The second-order valence-electron chi connectivity index (χ2n) is 27.4. The Morgan fingerprint density at radius 1 is 0.229 bits per heavy atom. The quantitative estimate of drug-likeness (QED) is 0.176. The van der Waals surface area contributed by atoms with Gasteiger partial charge in [-0.05, 0) is 170 Å². The molecule has 20 aromatic rings. The predicted molar refractivity (Wildman–Crippen MR) is 397 cm³/mol. The Bertz CT molecular complexity index is 6770. The van der Waals surface area contributed by atoms with E-state index in [-0.39, 0.29) is 10.8 Å². The molecule has 0 bridgehead atoms. The van der Waals surface area contributed by atoms with Gasteiger partial charge in [0.05, 0.1) is 32.8 Å². The van der Waals surface area contributed by atoms with Crippen molar-refractivity contribution in [2.75, 3.05) is 0 Å². The predicted octanol–water partition coefficient (Wildman–Crippen LogP) is 25.1. The number of para-hydroxylation sites is 7. The molecule has 2 aliphatic carbocycles. The summed E-state index contributed by atoms with van der Waals surface area (Å²) < 4.78 is 30.5. The molecule has 0 amide bonds. The maximum atomic E-state index is 6.54. The van der Waals surface area contributed by atoms with Gasteiger partial charge in [0, 0.05) is 81.6 Å². The van der Waals surface area contributed by atoms with Crippen LogP contribution in [-0.4, -0.2) is 9.13 Å². The van der Waals surface area contributed by atoms with Gasteiger partial charge in [-0.15, -0.1) is 0 Å². The highest BCUT2D eigenvalue weighted by atomic mass is 16.3. The summed E-state index contributed by atoms with van der Waals surface area (Å²) in [5.74, 6) is 0. The highest BCUT2D eigenvalue weighted by Gasteiger charge is 2.38. The molecule has 452 valence electrons. The van der Waals surface area contributed by atoms with Gasteiger partial charge in [0.25, 0.3) is 0 Å². The summed E-state index contributed by atoms with van der Waals surface area (Å²) in [6.45, 7) is 9.44. The van der Waals surface area contributed by atoms with Crippen molar-refractivity contribution >= 4 is 131 Å². The molecule has 96 heavy (non-hydrogen) atoms. The van der Waals surface area contributed by atoms with Gasteiger partial charge >= 0.3 is 0 Å². The molecule has 0 saturated carbocycles. The van der Waals surface area contributed by atoms with Crippen LogP contribution in [0.2, 0.25) is 0 Å². The van der Waals surface area contributed by atoms with Crippen LogP contribution in [0, 0.1) is 0 Å². The van der Waals surface area contributed by atoms with Crippen molar-refractivity contribution in [3.63, 3.8) is 0 Å². The first-order chi connectivity index (χ1) is 47.1. The van der Waals surface area contributed by atoms with Crippen LogP contribution in [0.3, 0.4) is 0 Å². The molecule has 6 heterocycles. The Labute approximate surface area is 550 Å². The lowest BCUT2D eigenvalue weighted by Crippen LogP contribution is -2.15. The SMILES string of the molecule is CC1(C)c2cc(-c3ccc4oc5ccccc5c4c3)ccc2-c2ccc(-n3c4ccccc4c4c5oc6ccccc6c5ccc43)cc21.CC1(C)c2cc(-c3cccc4c3oc3ccccc34)ccc2-c2ccc(-n3c4ccccc4c4c5oc6ccccc6c5ccc43)cc21. The molecule has 0 radical (unpaired) electrons. The molecular formula is C90H58N2O4. The van der Waals surface area contributed by atoms with Crippen molar-refractivity contribution in [1.29, 1.82) is 0 Å². The minimum Gasteiger partial charge on any atom is -0.456 e. The molecule has 0 fully saturated rings. The fourth-order valence-corrected chi connectivity index (χ4v) is 17.0. The molecular weight excluding hydrogens is 1170 g/mol. The number of furan rings is 4. The highest BCUT2D eigenvalue weighted by Crippen LogP contribution is 2.54. The van der Waals surface area contributed by atoms with Crippen molar-refractivity contribution in [1.82, 2.24) is 9.13 Å². The van der Waals surface area contributed by atoms with Crippen LogP contribution in [0.15, 0.2) is 297 Å². The van der Waals surface area contributed by atoms with Crippen molar-refractivity contribution < 1.29 is 17.7 Å². The topological polar surface area (TPSA) is 62.4 Å². The van der Waals surface area contributed by atoms with Crippen LogP contribution >= 0.6 is 0 Å². The second-order valence-corrected chi connectivity index (χ2v) is 27.4. The summed E-state index contributed by atoms with van der Waals surface area (Å²) >= 11 is 0. The van der Waals surface area contributed by atoms with E-state index in [4.69, 9.17) is 17.7 Å². The minimum atomic E-state index is -0.191. The van der Waals surface area contributed by atoms with E-state index in [2.05, 4.69) is 286 Å². The number of aromatic nitrogens is 2. The summed E-state index contributed by atoms with van der Waals surface area (Å²) in [6.07, 6.45) is 0. The Morgan fingerprint density at radius 3 is 1.11 bits per heavy atom. The molecule has 2 aliphatic rings. The van der Waals surface area contributed by atoms with Crippen molar-refractivity contribution in [3.05, 3.63) is 301 Å². The van der Waals surface area contributed by atoms with E-state index in [9.17, 15) is 0 Å². The number of hydrogen-bond donors (Lipinski definition) is 0. The van der Waals surface area contributed by atoms with E-state index in [0.717, 1.165) is 126 Å². The molecule has 6 nitrogen and oxygen atoms in total. The lowest BCUT2D eigenvalue weighted by Gasteiger charge is -2.23. The fraction of sp³-hybridized carbons (Fsp3) is 0.0667. The lowest BCUT2D eigenvalue weighted by atomic mass is 9.81. The van der Waals surface area contributed by atoms with E-state index >= 15 is 0 Å². The Balaban J connectivity index is 0.000000127. The molecule has 0 N–H and O–H groups in total. The monoisotopic (exact) mass is 1230 g/mol. The molecule has 0 unspecified atom stereocenters. The number of hydrogen-bond acceptors (Lipinski definition) is 4. The Hall–Kier alpha value is -12.1. The number of rotatable bonds is 4. The fourth-order valence-electron chi connectivity index (χ4n) is 17.0. The third-order valence-corrected chi connectivity index (χ3v) is 21.6. The summed E-state index contributed by atoms with van der Waals surface area (Å²) in [6, 6.07) is 101. The van der Waals surface area contributed by atoms with E-state index < -0.39 is 0 Å². The molecule has 0 spiro atoms. The molecule has 6 heteroatoms. The van der Waals surface area contributed by atoms with Crippen LogP contribution in [0.1, 0.15) is 49.9 Å². The standard InChI is InChI=1S/2C45H29NO2/c1-45(2)36-24-27(26-16-22-42-35(23-26)32-10-5-7-13-40(32)47-42)15-18-29(36)30-19-17-28(25-37(30)45)46-38-12-6-3-11-34(38)43-39(46)21-20-33-31-9-4-8-14-41(31)48-44(33)43;1-45(2)36-24-26(28-13-9-14-33-31-10-4-7-16-40(31)47-43(28)33)18-20-29(36)30-21-19-27(25-37(30)45)46-38-15-6-3-12-35(38)42-39(46)23-22-34-32-11-5-8-17-41(32)48-44(34)42/h2*3-25H,1-2H3. The first-order valence-corrected chi connectivity index (χ1v) is 33.2. The lowest BCUT2D eigenvalue weighted by molar-refractivity contribution is 0.659. The maximum absolute atomic E-state index is 6.54. The molecule has 0 atom stereocenters. The van der Waals surface area contributed by atoms with Crippen molar-refractivity contribution in [2.45, 2.75) is 38.5 Å². The van der Waals surface area contributed by atoms with Gasteiger partial charge in [0.15, 0.2) is 0 Å². The molecule has 0 aliphatic heterocycles. The number of benzene rings is 14. The second kappa shape index (κ2) is 19.3. The first kappa shape index (κ1) is 53.4. The van der Waals surface area contributed by atoms with Crippen LogP contribution in [0.4, 0.5) is 0 Å². The zero-order valence-corrected chi connectivity index (χ0v) is 53.1. The zero-order valence-electron chi connectivity index (χ0n) is 53.1. The van der Waals surface area contributed by atoms with Gasteiger partial charge in [-0.2, -0.15) is 0 Å². The smallest absolute Gasteiger partial charge is 0.145 e. The average molecular weight is 1230 g/mol.